The van der Waals surface area contributed by atoms with Gasteiger partial charge in [0, 0.05) is 4.88 Å². The van der Waals surface area contributed by atoms with E-state index in [2.05, 4.69) is 10.3 Å². The Balaban J connectivity index is 1.38. The first-order valence-corrected chi connectivity index (χ1v) is 9.60. The SMILES string of the molecule is COc1cccc2c1OC[C@H](C(=O)NCc1nc3c(s1)CCCC3)C2. The largest absolute Gasteiger partial charge is 0.493 e. The van der Waals surface area contributed by atoms with Gasteiger partial charge in [0.05, 0.1) is 25.3 Å². The fraction of sp³-hybridized carbons (Fsp3) is 0.474. The number of hydrogen-bond donors (Lipinski definition) is 1. The second-order valence-corrected chi connectivity index (χ2v) is 7.73. The van der Waals surface area contributed by atoms with Crippen LogP contribution in [0.4, 0.5) is 0 Å². The minimum absolute atomic E-state index is 0.0293. The minimum atomic E-state index is -0.172. The molecule has 6 heteroatoms. The highest BCUT2D eigenvalue weighted by atomic mass is 32.1. The summed E-state index contributed by atoms with van der Waals surface area (Å²) in [5.74, 6) is 1.35. The van der Waals surface area contributed by atoms with Crippen molar-refractivity contribution in [3.63, 3.8) is 0 Å². The number of aryl methyl sites for hydroxylation is 2. The maximum Gasteiger partial charge on any atom is 0.227 e. The molecule has 5 nitrogen and oxygen atoms in total. The van der Waals surface area contributed by atoms with E-state index in [1.54, 1.807) is 18.4 Å². The Hall–Kier alpha value is -2.08. The molecule has 1 aromatic carbocycles. The average molecular weight is 358 g/mol. The lowest BCUT2D eigenvalue weighted by Crippen LogP contribution is -2.37. The number of hydrogen-bond acceptors (Lipinski definition) is 5. The van der Waals surface area contributed by atoms with Gasteiger partial charge in [-0.05, 0) is 43.7 Å². The number of methoxy groups -OCH3 is 1. The molecular formula is C19H22N2O3S. The summed E-state index contributed by atoms with van der Waals surface area (Å²) in [6.07, 6.45) is 5.37. The first-order chi connectivity index (χ1) is 12.2. The van der Waals surface area contributed by atoms with Crippen molar-refractivity contribution in [2.45, 2.75) is 38.6 Å². The van der Waals surface area contributed by atoms with Crippen molar-refractivity contribution in [2.75, 3.05) is 13.7 Å². The summed E-state index contributed by atoms with van der Waals surface area (Å²) in [7, 11) is 1.63. The summed E-state index contributed by atoms with van der Waals surface area (Å²) in [5.41, 5.74) is 2.26. The van der Waals surface area contributed by atoms with Crippen LogP contribution in [0.5, 0.6) is 11.5 Å². The highest BCUT2D eigenvalue weighted by Gasteiger charge is 2.28. The molecule has 2 aliphatic rings. The van der Waals surface area contributed by atoms with Crippen LogP contribution in [0.1, 0.15) is 34.0 Å². The molecule has 0 saturated carbocycles. The summed E-state index contributed by atoms with van der Waals surface area (Å²) in [4.78, 5) is 18.6. The number of ether oxygens (including phenoxy) is 2. The zero-order valence-electron chi connectivity index (χ0n) is 14.3. The molecule has 0 fully saturated rings. The molecule has 0 unspecified atom stereocenters. The van der Waals surface area contributed by atoms with Crippen LogP contribution in [0.15, 0.2) is 18.2 Å². The second-order valence-electron chi connectivity index (χ2n) is 6.56. The van der Waals surface area contributed by atoms with Gasteiger partial charge in [0.25, 0.3) is 0 Å². The molecule has 132 valence electrons. The first kappa shape index (κ1) is 16.4. The van der Waals surface area contributed by atoms with Crippen molar-refractivity contribution in [1.29, 1.82) is 0 Å². The fourth-order valence-corrected chi connectivity index (χ4v) is 4.61. The summed E-state index contributed by atoms with van der Waals surface area (Å²) in [6, 6.07) is 5.80. The Morgan fingerprint density at radius 2 is 2.28 bits per heavy atom. The quantitative estimate of drug-likeness (QED) is 0.913. The molecule has 0 spiro atoms. The van der Waals surface area contributed by atoms with Gasteiger partial charge in [-0.3, -0.25) is 4.79 Å². The van der Waals surface area contributed by atoms with Crippen molar-refractivity contribution in [3.8, 4) is 11.5 Å². The van der Waals surface area contributed by atoms with E-state index in [1.165, 1.54) is 23.4 Å². The summed E-state index contributed by atoms with van der Waals surface area (Å²) < 4.78 is 11.1. The number of nitrogens with zero attached hydrogens (tertiary/aromatic N) is 1. The van der Waals surface area contributed by atoms with Gasteiger partial charge in [0.2, 0.25) is 5.91 Å². The highest BCUT2D eigenvalue weighted by Crippen LogP contribution is 2.36. The third-order valence-corrected chi connectivity index (χ3v) is 6.01. The molecule has 1 N–H and O–H groups in total. The average Bonchev–Trinajstić information content (AvgIpc) is 3.08. The van der Waals surface area contributed by atoms with Gasteiger partial charge in [-0.25, -0.2) is 4.98 Å². The van der Waals surface area contributed by atoms with Gasteiger partial charge >= 0.3 is 0 Å². The molecule has 1 aliphatic carbocycles. The molecule has 1 aliphatic heterocycles. The number of benzene rings is 1. The summed E-state index contributed by atoms with van der Waals surface area (Å²) in [5, 5.41) is 4.05. The Bertz CT molecular complexity index is 763. The van der Waals surface area contributed by atoms with Crippen LogP contribution in [-0.2, 0) is 30.6 Å². The third-order valence-electron chi connectivity index (χ3n) is 4.85. The van der Waals surface area contributed by atoms with E-state index in [0.29, 0.717) is 19.6 Å². The number of rotatable bonds is 4. The zero-order chi connectivity index (χ0) is 17.2. The lowest BCUT2D eigenvalue weighted by Gasteiger charge is -2.25. The molecule has 1 aromatic heterocycles. The lowest BCUT2D eigenvalue weighted by molar-refractivity contribution is -0.126. The van der Waals surface area contributed by atoms with E-state index in [4.69, 9.17) is 9.47 Å². The second kappa shape index (κ2) is 7.04. The van der Waals surface area contributed by atoms with Gasteiger partial charge in [-0.2, -0.15) is 0 Å². The van der Waals surface area contributed by atoms with Crippen molar-refractivity contribution in [2.24, 2.45) is 5.92 Å². The molecule has 4 rings (SSSR count). The van der Waals surface area contributed by atoms with E-state index in [-0.39, 0.29) is 11.8 Å². The third kappa shape index (κ3) is 3.35. The van der Waals surface area contributed by atoms with Crippen LogP contribution in [0, 0.1) is 5.92 Å². The Morgan fingerprint density at radius 1 is 1.40 bits per heavy atom. The number of carbonyl (C=O) groups excluding carboxylic acids is 1. The highest BCUT2D eigenvalue weighted by molar-refractivity contribution is 7.11. The topological polar surface area (TPSA) is 60.5 Å². The van der Waals surface area contributed by atoms with Crippen molar-refractivity contribution in [1.82, 2.24) is 10.3 Å². The van der Waals surface area contributed by atoms with Crippen LogP contribution < -0.4 is 14.8 Å². The van der Waals surface area contributed by atoms with Crippen molar-refractivity contribution < 1.29 is 14.3 Å². The van der Waals surface area contributed by atoms with Crippen LogP contribution >= 0.6 is 11.3 Å². The number of fused-ring (bicyclic) bond motifs is 2. The number of nitrogens with one attached hydrogen (secondary N) is 1. The summed E-state index contributed by atoms with van der Waals surface area (Å²) >= 11 is 1.74. The van der Waals surface area contributed by atoms with Gasteiger partial charge in [-0.1, -0.05) is 12.1 Å². The van der Waals surface area contributed by atoms with E-state index in [9.17, 15) is 4.79 Å². The Morgan fingerprint density at radius 3 is 3.12 bits per heavy atom. The van der Waals surface area contributed by atoms with E-state index in [1.807, 2.05) is 18.2 Å². The predicted octanol–water partition coefficient (Wildman–Crippen LogP) is 2.90. The molecule has 2 heterocycles. The number of thiazole rings is 1. The molecule has 1 amide bonds. The molecule has 0 saturated heterocycles. The van der Waals surface area contributed by atoms with E-state index in [0.717, 1.165) is 34.9 Å². The number of amides is 1. The smallest absolute Gasteiger partial charge is 0.227 e. The number of aromatic nitrogens is 1. The van der Waals surface area contributed by atoms with Crippen LogP contribution in [-0.4, -0.2) is 24.6 Å². The molecule has 0 bridgehead atoms. The lowest BCUT2D eigenvalue weighted by atomic mass is 9.95. The standard InChI is InChI=1S/C19H22N2O3S/c1-23-15-7-4-5-12-9-13(11-24-18(12)15)19(22)20-10-17-21-14-6-2-3-8-16(14)25-17/h4-5,7,13H,2-3,6,8-11H2,1H3,(H,20,22)/t13-/m1/s1. The van der Waals surface area contributed by atoms with Crippen LogP contribution in [0.3, 0.4) is 0 Å². The molecule has 2 aromatic rings. The van der Waals surface area contributed by atoms with Crippen molar-refractivity contribution >= 4 is 17.2 Å². The Kier molecular flexibility index (Phi) is 4.61. The maximum absolute atomic E-state index is 12.5. The van der Waals surface area contributed by atoms with Crippen molar-refractivity contribution in [3.05, 3.63) is 39.3 Å². The monoisotopic (exact) mass is 358 g/mol. The van der Waals surface area contributed by atoms with Crippen LogP contribution in [0.25, 0.3) is 0 Å². The van der Waals surface area contributed by atoms with Crippen LogP contribution in [0.2, 0.25) is 0 Å². The van der Waals surface area contributed by atoms with Gasteiger partial charge in [0.15, 0.2) is 11.5 Å². The zero-order valence-corrected chi connectivity index (χ0v) is 15.2. The number of carbonyl (C=O) groups is 1. The molecule has 0 radical (unpaired) electrons. The molecule has 25 heavy (non-hydrogen) atoms. The van der Waals surface area contributed by atoms with Gasteiger partial charge < -0.3 is 14.8 Å². The number of para-hydroxylation sites is 1. The maximum atomic E-state index is 12.5. The summed E-state index contributed by atoms with van der Waals surface area (Å²) in [6.45, 7) is 0.894. The fourth-order valence-electron chi connectivity index (χ4n) is 3.51. The van der Waals surface area contributed by atoms with Gasteiger partial charge in [-0.15, -0.1) is 11.3 Å². The predicted molar refractivity (Wildman–Crippen MR) is 96.3 cm³/mol. The molecular weight excluding hydrogens is 336 g/mol. The Labute approximate surface area is 151 Å². The van der Waals surface area contributed by atoms with E-state index < -0.39 is 0 Å². The normalized spacial score (nSPS) is 18.7. The minimum Gasteiger partial charge on any atom is -0.493 e. The first-order valence-electron chi connectivity index (χ1n) is 8.78. The van der Waals surface area contributed by atoms with Gasteiger partial charge in [0.1, 0.15) is 11.6 Å². The molecule has 1 atom stereocenters. The van der Waals surface area contributed by atoms with E-state index >= 15 is 0 Å².